The average molecular weight is 933 g/mol. The van der Waals surface area contributed by atoms with Crippen LogP contribution >= 0.6 is 0 Å². The molecule has 19 heteroatoms. The van der Waals surface area contributed by atoms with Gasteiger partial charge in [0.2, 0.25) is 0 Å². The number of allylic oxidation sites excluding steroid dienone is 1. The number of rotatable bonds is 14. The Morgan fingerprint density at radius 3 is 1.85 bits per heavy atom. The van der Waals surface area contributed by atoms with E-state index >= 15 is 0 Å². The standard InChI is InChI=1S/C46H76O19/c1-19(20(2)17-60-42-39(57)36(54)33(51)29(15-47)63-42)12-28(49)21(3)25-8-9-26-24-7-6-22-13-23(14-32(50)46(22,5)27(24)10-11-45(25,26)4)62-44-41(59)38(56)35(53)31(65-44)18-61-43-40(58)37(55)34(52)30(16-48)64-43/h6,21,23-44,47-59H,7-18H2,1-5H3. The van der Waals surface area contributed by atoms with E-state index < -0.39 is 136 Å². The van der Waals surface area contributed by atoms with Gasteiger partial charge in [-0.3, -0.25) is 0 Å². The van der Waals surface area contributed by atoms with E-state index in [1.165, 1.54) is 0 Å². The van der Waals surface area contributed by atoms with E-state index in [0.29, 0.717) is 24.7 Å². The molecule has 25 atom stereocenters. The van der Waals surface area contributed by atoms with Crippen LogP contribution in [0.1, 0.15) is 86.0 Å². The van der Waals surface area contributed by atoms with E-state index in [1.807, 2.05) is 13.8 Å². The van der Waals surface area contributed by atoms with Crippen LogP contribution in [-0.4, -0.2) is 203 Å². The van der Waals surface area contributed by atoms with Crippen LogP contribution < -0.4 is 0 Å². The summed E-state index contributed by atoms with van der Waals surface area (Å²) >= 11 is 0. The number of ether oxygens (including phenoxy) is 6. The van der Waals surface area contributed by atoms with E-state index in [-0.39, 0.29) is 36.2 Å². The molecule has 0 bridgehead atoms. The highest BCUT2D eigenvalue weighted by molar-refractivity contribution is 5.28. The quantitative estimate of drug-likeness (QED) is 0.0845. The summed E-state index contributed by atoms with van der Waals surface area (Å²) in [5.41, 5.74) is 2.31. The maximum atomic E-state index is 12.0. The largest absolute Gasteiger partial charge is 0.394 e. The van der Waals surface area contributed by atoms with Crippen molar-refractivity contribution in [1.29, 1.82) is 0 Å². The third-order valence-electron chi connectivity index (χ3n) is 17.3. The molecule has 6 fully saturated rings. The van der Waals surface area contributed by atoms with E-state index in [0.717, 1.165) is 48.8 Å². The first kappa shape index (κ1) is 51.6. The number of hydrogen-bond acceptors (Lipinski definition) is 19. The molecular weight excluding hydrogens is 856 g/mol. The lowest BCUT2D eigenvalue weighted by molar-refractivity contribution is -0.337. The van der Waals surface area contributed by atoms with Crippen LogP contribution in [0.3, 0.4) is 0 Å². The highest BCUT2D eigenvalue weighted by Gasteiger charge is 2.62. The second-order valence-electron chi connectivity index (χ2n) is 20.8. The summed E-state index contributed by atoms with van der Waals surface area (Å²) < 4.78 is 34.4. The van der Waals surface area contributed by atoms with Crippen LogP contribution in [-0.2, 0) is 28.4 Å². The summed E-state index contributed by atoms with van der Waals surface area (Å²) in [6.07, 6.45) is -16.1. The summed E-state index contributed by atoms with van der Waals surface area (Å²) in [5.74, 6) is 1.20. The van der Waals surface area contributed by atoms with Gasteiger partial charge < -0.3 is 94.8 Å². The molecule has 0 aromatic heterocycles. The van der Waals surface area contributed by atoms with E-state index in [4.69, 9.17) is 28.4 Å². The Bertz CT molecular complexity index is 1660. The molecule has 0 radical (unpaired) electrons. The second-order valence-corrected chi connectivity index (χ2v) is 20.8. The molecule has 3 saturated heterocycles. The van der Waals surface area contributed by atoms with Gasteiger partial charge in [0, 0.05) is 11.8 Å². The Balaban J connectivity index is 0.951. The Hall–Kier alpha value is -1.28. The molecule has 0 aromatic carbocycles. The molecular formula is C46H76O19. The van der Waals surface area contributed by atoms with Crippen molar-refractivity contribution in [2.24, 2.45) is 40.4 Å². The molecule has 3 aliphatic heterocycles. The summed E-state index contributed by atoms with van der Waals surface area (Å²) in [4.78, 5) is 0. The predicted octanol–water partition coefficient (Wildman–Crippen LogP) is -1.91. The number of aliphatic hydroxyl groups excluding tert-OH is 13. The molecule has 3 heterocycles. The van der Waals surface area contributed by atoms with Gasteiger partial charge in [0.05, 0.1) is 44.7 Å². The maximum absolute atomic E-state index is 12.0. The molecule has 0 amide bonds. The van der Waals surface area contributed by atoms with Crippen LogP contribution in [0.25, 0.3) is 0 Å². The summed E-state index contributed by atoms with van der Waals surface area (Å²) in [7, 11) is 0. The normalized spacial score (nSPS) is 50.4. The minimum absolute atomic E-state index is 0.00463. The van der Waals surface area contributed by atoms with Crippen molar-refractivity contribution in [2.75, 3.05) is 26.4 Å². The fourth-order valence-corrected chi connectivity index (χ4v) is 12.9. The van der Waals surface area contributed by atoms with Crippen LogP contribution in [0.15, 0.2) is 22.8 Å². The SMILES string of the molecule is CC(COC1OC(CO)C(O)C(O)C1O)=C(C)CC(O)C(C)C1CCC2C3CC=C4CC(OC5OC(COC6OC(CO)C(O)C(O)C6O)C(O)C(O)C5O)CC(O)C4(C)C3CCC12C. The van der Waals surface area contributed by atoms with Crippen LogP contribution in [0, 0.1) is 40.4 Å². The third kappa shape index (κ3) is 9.66. The second kappa shape index (κ2) is 20.6. The zero-order chi connectivity index (χ0) is 47.4. The summed E-state index contributed by atoms with van der Waals surface area (Å²) in [6.45, 7) is 8.84. The van der Waals surface area contributed by atoms with Gasteiger partial charge in [0.1, 0.15) is 73.2 Å². The Morgan fingerprint density at radius 1 is 0.692 bits per heavy atom. The molecule has 19 nitrogen and oxygen atoms in total. The smallest absolute Gasteiger partial charge is 0.187 e. The minimum Gasteiger partial charge on any atom is -0.394 e. The lowest BCUT2D eigenvalue weighted by atomic mass is 9.46. The van der Waals surface area contributed by atoms with Gasteiger partial charge in [-0.25, -0.2) is 0 Å². The fourth-order valence-electron chi connectivity index (χ4n) is 12.9. The monoisotopic (exact) mass is 932 g/mol. The van der Waals surface area contributed by atoms with E-state index in [2.05, 4.69) is 26.8 Å². The van der Waals surface area contributed by atoms with E-state index in [9.17, 15) is 66.4 Å². The Kier molecular flexibility index (Phi) is 16.3. The zero-order valence-electron chi connectivity index (χ0n) is 38.1. The van der Waals surface area contributed by atoms with Crippen LogP contribution in [0.5, 0.6) is 0 Å². The minimum atomic E-state index is -1.70. The van der Waals surface area contributed by atoms with Crippen LogP contribution in [0.4, 0.5) is 0 Å². The lowest BCUT2D eigenvalue weighted by Crippen LogP contribution is -2.62. The van der Waals surface area contributed by atoms with Crippen molar-refractivity contribution in [3.05, 3.63) is 22.8 Å². The fraction of sp³-hybridized carbons (Fsp3) is 0.913. The van der Waals surface area contributed by atoms with Gasteiger partial charge in [0.25, 0.3) is 0 Å². The van der Waals surface area contributed by atoms with Gasteiger partial charge in [-0.1, -0.05) is 38.0 Å². The van der Waals surface area contributed by atoms with Crippen molar-refractivity contribution in [3.63, 3.8) is 0 Å². The number of fused-ring (bicyclic) bond motifs is 5. The molecule has 65 heavy (non-hydrogen) atoms. The zero-order valence-corrected chi connectivity index (χ0v) is 38.1. The van der Waals surface area contributed by atoms with Crippen LogP contribution in [0.2, 0.25) is 0 Å². The highest BCUT2D eigenvalue weighted by Crippen LogP contribution is 2.67. The molecule has 0 aromatic rings. The van der Waals surface area contributed by atoms with Gasteiger partial charge >= 0.3 is 0 Å². The molecule has 0 spiro atoms. The molecule has 374 valence electrons. The van der Waals surface area contributed by atoms with Crippen molar-refractivity contribution in [1.82, 2.24) is 0 Å². The molecule has 7 aliphatic rings. The lowest BCUT2D eigenvalue weighted by Gasteiger charge is -2.60. The van der Waals surface area contributed by atoms with Crippen molar-refractivity contribution >= 4 is 0 Å². The topological polar surface area (TPSA) is 318 Å². The van der Waals surface area contributed by atoms with Crippen molar-refractivity contribution in [2.45, 2.75) is 196 Å². The Labute approximate surface area is 380 Å². The first-order valence-electron chi connectivity index (χ1n) is 23.6. The van der Waals surface area contributed by atoms with Gasteiger partial charge in [-0.2, -0.15) is 0 Å². The first-order valence-corrected chi connectivity index (χ1v) is 23.6. The highest BCUT2D eigenvalue weighted by atomic mass is 16.7. The molecule has 3 saturated carbocycles. The Morgan fingerprint density at radius 2 is 1.25 bits per heavy atom. The van der Waals surface area contributed by atoms with Crippen molar-refractivity contribution < 1.29 is 94.8 Å². The number of hydrogen-bond donors (Lipinski definition) is 13. The summed E-state index contributed by atoms with van der Waals surface area (Å²) in [6, 6.07) is 0. The first-order chi connectivity index (χ1) is 30.7. The summed E-state index contributed by atoms with van der Waals surface area (Å²) in [5, 5.41) is 137. The van der Waals surface area contributed by atoms with Gasteiger partial charge in [-0.15, -0.1) is 0 Å². The average Bonchev–Trinajstić information content (AvgIpc) is 3.64. The van der Waals surface area contributed by atoms with Gasteiger partial charge in [-0.05, 0) is 99.4 Å². The van der Waals surface area contributed by atoms with Gasteiger partial charge in [0.15, 0.2) is 18.9 Å². The molecule has 4 aliphatic carbocycles. The molecule has 13 N–H and O–H groups in total. The van der Waals surface area contributed by atoms with E-state index in [1.54, 1.807) is 0 Å². The molecule has 25 unspecified atom stereocenters. The molecule has 7 rings (SSSR count). The number of aliphatic hydroxyl groups is 13. The predicted molar refractivity (Wildman–Crippen MR) is 226 cm³/mol. The maximum Gasteiger partial charge on any atom is 0.187 e. The van der Waals surface area contributed by atoms with Crippen molar-refractivity contribution in [3.8, 4) is 0 Å². The third-order valence-corrected chi connectivity index (χ3v) is 17.3.